The van der Waals surface area contributed by atoms with Crippen molar-refractivity contribution in [2.24, 2.45) is 0 Å². The number of benzene rings is 3. The second-order valence-corrected chi connectivity index (χ2v) is 6.03. The van der Waals surface area contributed by atoms with Crippen LogP contribution in [0.2, 0.25) is 0 Å². The second-order valence-electron chi connectivity index (χ2n) is 6.03. The minimum Gasteiger partial charge on any atom is -0.475 e. The lowest BCUT2D eigenvalue weighted by atomic mass is 10.0. The molecule has 0 unspecified atom stereocenters. The summed E-state index contributed by atoms with van der Waals surface area (Å²) in [5, 5.41) is 13.3. The fraction of sp³-hybridized carbons (Fsp3) is 0.190. The van der Waals surface area contributed by atoms with E-state index in [-0.39, 0.29) is 0 Å². The van der Waals surface area contributed by atoms with Crippen molar-refractivity contribution in [3.05, 3.63) is 83.4 Å². The molecule has 142 valence electrons. The van der Waals surface area contributed by atoms with Crippen LogP contribution in [0.5, 0.6) is 0 Å². The van der Waals surface area contributed by atoms with Gasteiger partial charge in [-0.3, -0.25) is 0 Å². The summed E-state index contributed by atoms with van der Waals surface area (Å²) in [6.07, 6.45) is -5.08. The molecule has 0 aliphatic heterocycles. The number of hydrogen-bond acceptors (Lipinski definition) is 2. The van der Waals surface area contributed by atoms with E-state index in [0.29, 0.717) is 0 Å². The lowest BCUT2D eigenvalue weighted by molar-refractivity contribution is -0.192. The monoisotopic (exact) mass is 375 g/mol. The lowest BCUT2D eigenvalue weighted by Gasteiger charge is -2.09. The first-order valence-corrected chi connectivity index (χ1v) is 8.30. The van der Waals surface area contributed by atoms with Gasteiger partial charge in [-0.25, -0.2) is 4.79 Å². The van der Waals surface area contributed by atoms with Gasteiger partial charge in [0, 0.05) is 13.1 Å². The third kappa shape index (κ3) is 6.42. The highest BCUT2D eigenvalue weighted by Gasteiger charge is 2.38. The van der Waals surface area contributed by atoms with Crippen LogP contribution in [0.4, 0.5) is 13.2 Å². The zero-order chi connectivity index (χ0) is 19.9. The SMILES string of the molecule is Cc1cccc(CNCc2cccc3ccccc23)c1.O=C(O)C(F)(F)F. The highest BCUT2D eigenvalue weighted by Crippen LogP contribution is 2.18. The Labute approximate surface area is 155 Å². The van der Waals surface area contributed by atoms with E-state index in [4.69, 9.17) is 9.90 Å². The highest BCUT2D eigenvalue weighted by molar-refractivity contribution is 5.85. The van der Waals surface area contributed by atoms with Crippen molar-refractivity contribution >= 4 is 16.7 Å². The maximum atomic E-state index is 10.6. The molecule has 0 aliphatic rings. The van der Waals surface area contributed by atoms with Crippen molar-refractivity contribution in [2.75, 3.05) is 0 Å². The summed E-state index contributed by atoms with van der Waals surface area (Å²) in [5.74, 6) is -2.76. The number of hydrogen-bond donors (Lipinski definition) is 2. The van der Waals surface area contributed by atoms with E-state index in [2.05, 4.69) is 79.0 Å². The Morgan fingerprint density at radius 3 is 2.26 bits per heavy atom. The zero-order valence-electron chi connectivity index (χ0n) is 14.8. The number of halogens is 3. The van der Waals surface area contributed by atoms with Crippen LogP contribution in [0.15, 0.2) is 66.7 Å². The van der Waals surface area contributed by atoms with Crippen LogP contribution in [0.25, 0.3) is 10.8 Å². The van der Waals surface area contributed by atoms with Gasteiger partial charge in [-0.1, -0.05) is 72.3 Å². The Hall–Kier alpha value is -2.86. The van der Waals surface area contributed by atoms with Gasteiger partial charge in [0.2, 0.25) is 0 Å². The van der Waals surface area contributed by atoms with Gasteiger partial charge in [-0.05, 0) is 28.8 Å². The number of carboxylic acids is 1. The van der Waals surface area contributed by atoms with Gasteiger partial charge >= 0.3 is 12.1 Å². The van der Waals surface area contributed by atoms with Crippen molar-refractivity contribution < 1.29 is 23.1 Å². The fourth-order valence-electron chi connectivity index (χ4n) is 2.61. The van der Waals surface area contributed by atoms with Gasteiger partial charge in [0.1, 0.15) is 0 Å². The van der Waals surface area contributed by atoms with Crippen molar-refractivity contribution in [1.82, 2.24) is 5.32 Å². The third-order valence-corrected chi connectivity index (χ3v) is 3.85. The van der Waals surface area contributed by atoms with E-state index in [9.17, 15) is 13.2 Å². The van der Waals surface area contributed by atoms with Gasteiger partial charge in [-0.15, -0.1) is 0 Å². The maximum absolute atomic E-state index is 10.6. The summed E-state index contributed by atoms with van der Waals surface area (Å²) in [6, 6.07) is 23.7. The van der Waals surface area contributed by atoms with Gasteiger partial charge in [0.05, 0.1) is 0 Å². The summed E-state index contributed by atoms with van der Waals surface area (Å²) in [5.41, 5.74) is 4.01. The summed E-state index contributed by atoms with van der Waals surface area (Å²) < 4.78 is 31.7. The van der Waals surface area contributed by atoms with Crippen molar-refractivity contribution in [3.8, 4) is 0 Å². The van der Waals surface area contributed by atoms with E-state index in [1.54, 1.807) is 0 Å². The van der Waals surface area contributed by atoms with E-state index >= 15 is 0 Å². The minimum atomic E-state index is -5.08. The number of fused-ring (bicyclic) bond motifs is 1. The van der Waals surface area contributed by atoms with Crippen LogP contribution in [-0.4, -0.2) is 17.3 Å². The average molecular weight is 375 g/mol. The van der Waals surface area contributed by atoms with Crippen LogP contribution in [-0.2, 0) is 17.9 Å². The Morgan fingerprint density at radius 1 is 0.963 bits per heavy atom. The van der Waals surface area contributed by atoms with Crippen LogP contribution in [0.3, 0.4) is 0 Å². The first kappa shape index (κ1) is 20.5. The molecule has 0 aliphatic carbocycles. The lowest BCUT2D eigenvalue weighted by Crippen LogP contribution is -2.21. The predicted octanol–water partition coefficient (Wildman–Crippen LogP) is 5.07. The molecule has 0 aromatic heterocycles. The molecule has 0 atom stereocenters. The number of carboxylic acid groups (broad SMARTS) is 1. The summed E-state index contributed by atoms with van der Waals surface area (Å²) in [6.45, 7) is 3.94. The number of aryl methyl sites for hydroxylation is 1. The molecule has 0 spiro atoms. The Kier molecular flexibility index (Phi) is 6.96. The van der Waals surface area contributed by atoms with Crippen molar-refractivity contribution in [1.29, 1.82) is 0 Å². The molecule has 0 saturated carbocycles. The van der Waals surface area contributed by atoms with Crippen LogP contribution in [0.1, 0.15) is 16.7 Å². The van der Waals surface area contributed by atoms with Gasteiger partial charge in [-0.2, -0.15) is 13.2 Å². The smallest absolute Gasteiger partial charge is 0.475 e. The first-order chi connectivity index (χ1) is 12.8. The number of aliphatic carboxylic acids is 1. The highest BCUT2D eigenvalue weighted by atomic mass is 19.4. The van der Waals surface area contributed by atoms with Crippen LogP contribution in [0, 0.1) is 6.92 Å². The molecule has 2 N–H and O–H groups in total. The molecule has 0 amide bonds. The van der Waals surface area contributed by atoms with Gasteiger partial charge < -0.3 is 10.4 Å². The number of alkyl halides is 3. The van der Waals surface area contributed by atoms with Crippen molar-refractivity contribution in [3.63, 3.8) is 0 Å². The topological polar surface area (TPSA) is 49.3 Å². The quantitative estimate of drug-likeness (QED) is 0.669. The molecule has 0 fully saturated rings. The first-order valence-electron chi connectivity index (χ1n) is 8.30. The summed E-state index contributed by atoms with van der Waals surface area (Å²) in [4.78, 5) is 8.90. The molecule has 27 heavy (non-hydrogen) atoms. The molecule has 3 aromatic rings. The van der Waals surface area contributed by atoms with Crippen LogP contribution >= 0.6 is 0 Å². The molecular weight excluding hydrogens is 355 g/mol. The van der Waals surface area contributed by atoms with E-state index < -0.39 is 12.1 Å². The standard InChI is InChI=1S/C19H19N.C2HF3O2/c1-15-6-4-7-16(12-15)13-20-14-18-10-5-9-17-8-2-3-11-19(17)18;3-2(4,5)1(6)7/h2-12,20H,13-14H2,1H3;(H,6,7). The molecule has 3 rings (SSSR count). The molecule has 0 saturated heterocycles. The van der Waals surface area contributed by atoms with E-state index in [1.807, 2.05) is 0 Å². The summed E-state index contributed by atoms with van der Waals surface area (Å²) in [7, 11) is 0. The van der Waals surface area contributed by atoms with E-state index in [0.717, 1.165) is 13.1 Å². The molecule has 0 radical (unpaired) electrons. The van der Waals surface area contributed by atoms with Gasteiger partial charge in [0.15, 0.2) is 0 Å². The van der Waals surface area contributed by atoms with Gasteiger partial charge in [0.25, 0.3) is 0 Å². The number of nitrogens with one attached hydrogen (secondary N) is 1. The second kappa shape index (κ2) is 9.19. The fourth-order valence-corrected chi connectivity index (χ4v) is 2.61. The molecule has 3 aromatic carbocycles. The normalized spacial score (nSPS) is 11.0. The maximum Gasteiger partial charge on any atom is 0.490 e. The van der Waals surface area contributed by atoms with Crippen molar-refractivity contribution in [2.45, 2.75) is 26.2 Å². The summed E-state index contributed by atoms with van der Waals surface area (Å²) >= 11 is 0. The predicted molar refractivity (Wildman–Crippen MR) is 99.4 cm³/mol. The van der Waals surface area contributed by atoms with Crippen LogP contribution < -0.4 is 5.32 Å². The largest absolute Gasteiger partial charge is 0.490 e. The van der Waals surface area contributed by atoms with E-state index in [1.165, 1.54) is 27.5 Å². The molecule has 6 heteroatoms. The zero-order valence-corrected chi connectivity index (χ0v) is 14.8. The average Bonchev–Trinajstić information content (AvgIpc) is 2.62. The molecule has 0 heterocycles. The minimum absolute atomic E-state index is 0.898. The molecule has 3 nitrogen and oxygen atoms in total. The number of carbonyl (C=O) groups is 1. The Morgan fingerprint density at radius 2 is 1.59 bits per heavy atom. The number of rotatable bonds is 4. The molecule has 0 bridgehead atoms. The Bertz CT molecular complexity index is 902. The Balaban J connectivity index is 0.000000321. The third-order valence-electron chi connectivity index (χ3n) is 3.85. The molecular formula is C21H20F3NO2.